The topological polar surface area (TPSA) is 49.4 Å². The molecule has 2 aromatic carbocycles. The first-order valence-corrected chi connectivity index (χ1v) is 11.6. The van der Waals surface area contributed by atoms with E-state index in [4.69, 9.17) is 0 Å². The predicted molar refractivity (Wildman–Crippen MR) is 109 cm³/mol. The summed E-state index contributed by atoms with van der Waals surface area (Å²) in [5.41, 5.74) is 3.52. The van der Waals surface area contributed by atoms with Crippen molar-refractivity contribution < 1.29 is 17.2 Å². The van der Waals surface area contributed by atoms with Crippen molar-refractivity contribution in [1.29, 1.82) is 0 Å². The summed E-state index contributed by atoms with van der Waals surface area (Å²) in [5.74, 6) is -1.77. The van der Waals surface area contributed by atoms with Crippen molar-refractivity contribution in [3.05, 3.63) is 87.6 Å². The van der Waals surface area contributed by atoms with E-state index in [1.165, 1.54) is 22.5 Å². The van der Waals surface area contributed by atoms with Crippen LogP contribution in [-0.2, 0) is 23.0 Å². The molecule has 0 saturated heterocycles. The Balaban J connectivity index is 1.57. The van der Waals surface area contributed by atoms with Gasteiger partial charge >= 0.3 is 0 Å². The average Bonchev–Trinajstić information content (AvgIpc) is 3.24. The predicted octanol–water partition coefficient (Wildman–Crippen LogP) is 4.10. The second-order valence-corrected chi connectivity index (χ2v) is 9.50. The van der Waals surface area contributed by atoms with Crippen LogP contribution in [0.25, 0.3) is 0 Å². The molecule has 0 amide bonds. The van der Waals surface area contributed by atoms with Gasteiger partial charge in [0.2, 0.25) is 10.0 Å². The molecule has 3 aromatic rings. The van der Waals surface area contributed by atoms with Crippen LogP contribution < -0.4 is 4.72 Å². The Hall–Kier alpha value is -2.13. The summed E-state index contributed by atoms with van der Waals surface area (Å²) >= 11 is 1.54. The SMILES string of the molecule is O=S(=O)(NC[C@H](c1ccsc1)N1CCc2ccccc2C1)c1cc(F)ccc1F. The van der Waals surface area contributed by atoms with E-state index in [0.717, 1.165) is 30.7 Å². The summed E-state index contributed by atoms with van der Waals surface area (Å²) < 4.78 is 55.2. The molecule has 29 heavy (non-hydrogen) atoms. The molecule has 1 aliphatic heterocycles. The van der Waals surface area contributed by atoms with Gasteiger partial charge < -0.3 is 0 Å². The molecular formula is C21H20F2N2O2S2. The molecule has 0 bridgehead atoms. The number of sulfonamides is 1. The third-order valence-corrected chi connectivity index (χ3v) is 7.32. The van der Waals surface area contributed by atoms with Crippen LogP contribution in [0.4, 0.5) is 8.78 Å². The van der Waals surface area contributed by atoms with E-state index in [1.807, 2.05) is 29.0 Å². The summed E-state index contributed by atoms with van der Waals surface area (Å²) in [6.07, 6.45) is 0.877. The minimum Gasteiger partial charge on any atom is -0.290 e. The molecule has 1 aromatic heterocycles. The van der Waals surface area contributed by atoms with Crippen LogP contribution in [0.3, 0.4) is 0 Å². The van der Waals surface area contributed by atoms with E-state index in [2.05, 4.69) is 21.8 Å². The fourth-order valence-electron chi connectivity index (χ4n) is 3.66. The largest absolute Gasteiger partial charge is 0.290 e. The lowest BCUT2D eigenvalue weighted by Gasteiger charge is -2.35. The van der Waals surface area contributed by atoms with Crippen molar-refractivity contribution in [2.45, 2.75) is 23.9 Å². The van der Waals surface area contributed by atoms with Gasteiger partial charge in [0.25, 0.3) is 0 Å². The molecule has 0 spiro atoms. The van der Waals surface area contributed by atoms with E-state index in [9.17, 15) is 17.2 Å². The summed E-state index contributed by atoms with van der Waals surface area (Å²) in [5, 5.41) is 3.93. The highest BCUT2D eigenvalue weighted by Gasteiger charge is 2.28. The van der Waals surface area contributed by atoms with Crippen LogP contribution in [0.2, 0.25) is 0 Å². The normalized spacial score (nSPS) is 15.8. The van der Waals surface area contributed by atoms with Gasteiger partial charge in [-0.15, -0.1) is 0 Å². The second-order valence-electron chi connectivity index (χ2n) is 6.99. The first kappa shape index (κ1) is 20.2. The monoisotopic (exact) mass is 434 g/mol. The molecule has 0 fully saturated rings. The van der Waals surface area contributed by atoms with Crippen molar-refractivity contribution in [3.8, 4) is 0 Å². The van der Waals surface area contributed by atoms with E-state index in [1.54, 1.807) is 0 Å². The molecule has 0 unspecified atom stereocenters. The second kappa shape index (κ2) is 8.31. The molecule has 152 valence electrons. The Morgan fingerprint density at radius 1 is 1.10 bits per heavy atom. The molecular weight excluding hydrogens is 414 g/mol. The number of halogens is 2. The molecule has 4 nitrogen and oxygen atoms in total. The molecule has 1 N–H and O–H groups in total. The molecule has 0 aliphatic carbocycles. The van der Waals surface area contributed by atoms with Crippen molar-refractivity contribution in [2.24, 2.45) is 0 Å². The highest BCUT2D eigenvalue weighted by atomic mass is 32.2. The molecule has 2 heterocycles. The molecule has 1 atom stereocenters. The van der Waals surface area contributed by atoms with Crippen LogP contribution in [0, 0.1) is 11.6 Å². The lowest BCUT2D eigenvalue weighted by Crippen LogP contribution is -2.40. The van der Waals surface area contributed by atoms with Gasteiger partial charge in [-0.3, -0.25) is 4.90 Å². The number of rotatable bonds is 6. The van der Waals surface area contributed by atoms with Crippen LogP contribution in [0.15, 0.2) is 64.2 Å². The number of hydrogen-bond donors (Lipinski definition) is 1. The minimum absolute atomic E-state index is 0.0667. The minimum atomic E-state index is -4.19. The molecule has 0 saturated carbocycles. The van der Waals surface area contributed by atoms with Gasteiger partial charge in [0.05, 0.1) is 0 Å². The number of benzene rings is 2. The van der Waals surface area contributed by atoms with Gasteiger partial charge in [0.1, 0.15) is 16.5 Å². The lowest BCUT2D eigenvalue weighted by molar-refractivity contribution is 0.180. The zero-order valence-electron chi connectivity index (χ0n) is 15.5. The Kier molecular flexibility index (Phi) is 5.78. The van der Waals surface area contributed by atoms with E-state index in [0.29, 0.717) is 12.6 Å². The highest BCUT2D eigenvalue weighted by Crippen LogP contribution is 2.29. The van der Waals surface area contributed by atoms with Crippen LogP contribution in [-0.4, -0.2) is 26.4 Å². The Bertz CT molecular complexity index is 1100. The van der Waals surface area contributed by atoms with Gasteiger partial charge in [-0.05, 0) is 58.1 Å². The zero-order valence-corrected chi connectivity index (χ0v) is 17.1. The van der Waals surface area contributed by atoms with E-state index in [-0.39, 0.29) is 12.6 Å². The van der Waals surface area contributed by atoms with Crippen LogP contribution in [0.1, 0.15) is 22.7 Å². The first-order valence-electron chi connectivity index (χ1n) is 9.22. The summed E-state index contributed by atoms with van der Waals surface area (Å²) in [4.78, 5) is 1.54. The third-order valence-electron chi connectivity index (χ3n) is 5.18. The molecule has 8 heteroatoms. The fraction of sp³-hybridized carbons (Fsp3) is 0.238. The van der Waals surface area contributed by atoms with Gasteiger partial charge in [0, 0.05) is 25.7 Å². The van der Waals surface area contributed by atoms with Crippen molar-refractivity contribution in [1.82, 2.24) is 9.62 Å². The van der Waals surface area contributed by atoms with Crippen molar-refractivity contribution in [2.75, 3.05) is 13.1 Å². The Morgan fingerprint density at radius 2 is 1.90 bits per heavy atom. The molecule has 0 radical (unpaired) electrons. The maximum Gasteiger partial charge on any atom is 0.243 e. The quantitative estimate of drug-likeness (QED) is 0.635. The fourth-order valence-corrected chi connectivity index (χ4v) is 5.49. The van der Waals surface area contributed by atoms with Gasteiger partial charge in [0.15, 0.2) is 0 Å². The maximum absolute atomic E-state index is 14.0. The van der Waals surface area contributed by atoms with E-state index < -0.39 is 26.6 Å². The lowest BCUT2D eigenvalue weighted by atomic mass is 9.97. The standard InChI is InChI=1S/C21H20F2N2O2S2/c22-18-5-6-19(23)21(11-18)29(26,27)24-12-20(17-8-10-28-14-17)25-9-7-15-3-1-2-4-16(15)13-25/h1-6,8,10-11,14,20,24H,7,9,12-13H2/t20-/m1/s1. The number of fused-ring (bicyclic) bond motifs is 1. The number of thiophene rings is 1. The van der Waals surface area contributed by atoms with E-state index >= 15 is 0 Å². The van der Waals surface area contributed by atoms with Crippen molar-refractivity contribution >= 4 is 21.4 Å². The molecule has 4 rings (SSSR count). The summed E-state index contributed by atoms with van der Waals surface area (Å²) in [7, 11) is -4.19. The Morgan fingerprint density at radius 3 is 2.66 bits per heavy atom. The zero-order chi connectivity index (χ0) is 20.4. The average molecular weight is 435 g/mol. The number of hydrogen-bond acceptors (Lipinski definition) is 4. The highest BCUT2D eigenvalue weighted by molar-refractivity contribution is 7.89. The number of nitrogens with one attached hydrogen (secondary N) is 1. The summed E-state index contributed by atoms with van der Waals surface area (Å²) in [6.45, 7) is 1.55. The maximum atomic E-state index is 14.0. The van der Waals surface area contributed by atoms with Gasteiger partial charge in [-0.2, -0.15) is 11.3 Å². The third kappa shape index (κ3) is 4.40. The van der Waals surface area contributed by atoms with Crippen LogP contribution >= 0.6 is 11.3 Å². The van der Waals surface area contributed by atoms with Crippen molar-refractivity contribution in [3.63, 3.8) is 0 Å². The van der Waals surface area contributed by atoms with Crippen LogP contribution in [0.5, 0.6) is 0 Å². The molecule has 1 aliphatic rings. The summed E-state index contributed by atoms with van der Waals surface area (Å²) in [6, 6.07) is 12.4. The van der Waals surface area contributed by atoms with Gasteiger partial charge in [-0.25, -0.2) is 21.9 Å². The van der Waals surface area contributed by atoms with Gasteiger partial charge in [-0.1, -0.05) is 24.3 Å². The first-order chi connectivity index (χ1) is 13.9. The Labute approximate surface area is 172 Å². The number of nitrogens with zero attached hydrogens (tertiary/aromatic N) is 1. The smallest absolute Gasteiger partial charge is 0.243 e.